The van der Waals surface area contributed by atoms with Gasteiger partial charge in [-0.2, -0.15) is 0 Å². The second kappa shape index (κ2) is 9.75. The van der Waals surface area contributed by atoms with Crippen molar-refractivity contribution < 1.29 is 28.6 Å². The van der Waals surface area contributed by atoms with E-state index in [4.69, 9.17) is 25.8 Å². The molecule has 2 aromatic carbocycles. The average Bonchev–Trinajstić information content (AvgIpc) is 2.67. The molecular weight excluding hydrogens is 386 g/mol. The highest BCUT2D eigenvalue weighted by molar-refractivity contribution is 6.32. The molecule has 1 amide bonds. The Morgan fingerprint density at radius 3 is 2.32 bits per heavy atom. The maximum Gasteiger partial charge on any atom is 0.338 e. The predicted molar refractivity (Wildman–Crippen MR) is 105 cm³/mol. The van der Waals surface area contributed by atoms with Crippen LogP contribution in [0.15, 0.2) is 36.4 Å². The topological polar surface area (TPSA) is 90.9 Å². The van der Waals surface area contributed by atoms with Gasteiger partial charge < -0.3 is 19.5 Å². The summed E-state index contributed by atoms with van der Waals surface area (Å²) >= 11 is 6.13. The first-order chi connectivity index (χ1) is 13.3. The number of carbonyl (C=O) groups excluding carboxylic acids is 3. The van der Waals surface area contributed by atoms with Gasteiger partial charge in [-0.1, -0.05) is 11.6 Å². The number of amides is 1. The highest BCUT2D eigenvalue weighted by atomic mass is 35.5. The van der Waals surface area contributed by atoms with Crippen LogP contribution in [0.5, 0.6) is 11.5 Å². The molecule has 0 aliphatic rings. The lowest BCUT2D eigenvalue weighted by Gasteiger charge is -2.13. The molecule has 0 fully saturated rings. The Morgan fingerprint density at radius 2 is 1.75 bits per heavy atom. The highest BCUT2D eigenvalue weighted by Crippen LogP contribution is 2.36. The van der Waals surface area contributed by atoms with Crippen molar-refractivity contribution in [2.45, 2.75) is 13.8 Å². The van der Waals surface area contributed by atoms with E-state index in [0.29, 0.717) is 23.6 Å². The molecule has 0 saturated carbocycles. The molecule has 7 nitrogen and oxygen atoms in total. The van der Waals surface area contributed by atoms with Gasteiger partial charge in [-0.05, 0) is 50.2 Å². The zero-order chi connectivity index (χ0) is 20.7. The Labute approximate surface area is 167 Å². The van der Waals surface area contributed by atoms with Crippen molar-refractivity contribution in [1.82, 2.24) is 0 Å². The van der Waals surface area contributed by atoms with Gasteiger partial charge >= 0.3 is 5.97 Å². The molecule has 0 spiro atoms. The fourth-order valence-electron chi connectivity index (χ4n) is 2.32. The normalized spacial score (nSPS) is 10.1. The number of nitrogens with one attached hydrogen (secondary N) is 1. The van der Waals surface area contributed by atoms with Crippen LogP contribution in [0.2, 0.25) is 5.02 Å². The molecule has 2 rings (SSSR count). The molecule has 0 unspecified atom stereocenters. The minimum Gasteiger partial charge on any atom is -0.493 e. The summed E-state index contributed by atoms with van der Waals surface area (Å²) in [5.74, 6) is -0.708. The Morgan fingerprint density at radius 1 is 1.07 bits per heavy atom. The van der Waals surface area contributed by atoms with Gasteiger partial charge in [-0.3, -0.25) is 9.59 Å². The van der Waals surface area contributed by atoms with Crippen molar-refractivity contribution in [3.05, 3.63) is 52.5 Å². The van der Waals surface area contributed by atoms with Crippen molar-refractivity contribution in [2.75, 3.05) is 25.6 Å². The minimum atomic E-state index is -0.731. The van der Waals surface area contributed by atoms with E-state index >= 15 is 0 Å². The van der Waals surface area contributed by atoms with Gasteiger partial charge in [0, 0.05) is 11.3 Å². The van der Waals surface area contributed by atoms with Crippen molar-refractivity contribution in [1.29, 1.82) is 0 Å². The number of hydrogen-bond donors (Lipinski definition) is 1. The van der Waals surface area contributed by atoms with Crippen molar-refractivity contribution in [3.8, 4) is 11.5 Å². The Hall–Kier alpha value is -3.06. The van der Waals surface area contributed by atoms with Crippen molar-refractivity contribution in [2.24, 2.45) is 0 Å². The number of rotatable bonds is 8. The van der Waals surface area contributed by atoms with E-state index < -0.39 is 18.5 Å². The summed E-state index contributed by atoms with van der Waals surface area (Å²) in [5.41, 5.74) is 1.14. The van der Waals surface area contributed by atoms with Gasteiger partial charge in [0.25, 0.3) is 5.91 Å². The maximum absolute atomic E-state index is 12.2. The second-order valence-electron chi connectivity index (χ2n) is 5.68. The van der Waals surface area contributed by atoms with Crippen LogP contribution in [0.4, 0.5) is 5.69 Å². The molecule has 8 heteroatoms. The summed E-state index contributed by atoms with van der Waals surface area (Å²) in [6.07, 6.45) is 0. The standard InChI is InChI=1S/C20H20ClNO6/c1-4-27-19-16(21)9-14(10-17(19)26-3)20(25)28-11-18(24)22-15-7-5-13(6-8-15)12(2)23/h5-10H,4,11H2,1-3H3,(H,22,24). The summed E-state index contributed by atoms with van der Waals surface area (Å²) in [6.45, 7) is 3.15. The smallest absolute Gasteiger partial charge is 0.338 e. The van der Waals surface area contributed by atoms with Crippen LogP contribution in [0.25, 0.3) is 0 Å². The van der Waals surface area contributed by atoms with Gasteiger partial charge in [0.2, 0.25) is 0 Å². The number of halogens is 1. The molecular formula is C20H20ClNO6. The van der Waals surface area contributed by atoms with Crippen LogP contribution in [-0.2, 0) is 9.53 Å². The first kappa shape index (κ1) is 21.2. The molecule has 2 aromatic rings. The summed E-state index contributed by atoms with van der Waals surface area (Å²) in [4.78, 5) is 35.4. The predicted octanol–water partition coefficient (Wildman–Crippen LogP) is 3.75. The van der Waals surface area contributed by atoms with Gasteiger partial charge in [-0.25, -0.2) is 4.79 Å². The second-order valence-corrected chi connectivity index (χ2v) is 6.09. The molecule has 0 radical (unpaired) electrons. The fourth-order valence-corrected chi connectivity index (χ4v) is 2.59. The lowest BCUT2D eigenvalue weighted by Crippen LogP contribution is -2.21. The largest absolute Gasteiger partial charge is 0.493 e. The molecule has 0 heterocycles. The zero-order valence-electron chi connectivity index (χ0n) is 15.7. The quantitative estimate of drug-likeness (QED) is 0.531. The lowest BCUT2D eigenvalue weighted by atomic mass is 10.1. The number of ether oxygens (including phenoxy) is 3. The summed E-state index contributed by atoms with van der Waals surface area (Å²) in [7, 11) is 1.42. The van der Waals surface area contributed by atoms with Crippen LogP contribution < -0.4 is 14.8 Å². The van der Waals surface area contributed by atoms with E-state index in [9.17, 15) is 14.4 Å². The molecule has 0 aromatic heterocycles. The Kier molecular flexibility index (Phi) is 7.40. The van der Waals surface area contributed by atoms with Gasteiger partial charge in [0.05, 0.1) is 24.3 Å². The number of benzene rings is 2. The third-order valence-corrected chi connectivity index (χ3v) is 3.94. The van der Waals surface area contributed by atoms with E-state index in [-0.39, 0.29) is 22.1 Å². The molecule has 0 aliphatic carbocycles. The number of ketones is 1. The summed E-state index contributed by atoms with van der Waals surface area (Å²) in [6, 6.07) is 9.19. The third kappa shape index (κ3) is 5.47. The van der Waals surface area contributed by atoms with Crippen LogP contribution in [0.1, 0.15) is 34.6 Å². The highest BCUT2D eigenvalue weighted by Gasteiger charge is 2.17. The first-order valence-electron chi connectivity index (χ1n) is 8.44. The van der Waals surface area contributed by atoms with Crippen LogP contribution in [-0.4, -0.2) is 38.0 Å². The van der Waals surface area contributed by atoms with Gasteiger partial charge in [0.1, 0.15) is 0 Å². The third-order valence-electron chi connectivity index (χ3n) is 3.66. The van der Waals surface area contributed by atoms with E-state index in [1.165, 1.54) is 26.2 Å². The van der Waals surface area contributed by atoms with Crippen LogP contribution >= 0.6 is 11.6 Å². The van der Waals surface area contributed by atoms with Gasteiger partial charge in [-0.15, -0.1) is 0 Å². The van der Waals surface area contributed by atoms with E-state index in [1.54, 1.807) is 31.2 Å². The molecule has 148 valence electrons. The molecule has 28 heavy (non-hydrogen) atoms. The molecule has 0 aliphatic heterocycles. The van der Waals surface area contributed by atoms with Crippen LogP contribution in [0.3, 0.4) is 0 Å². The summed E-state index contributed by atoms with van der Waals surface area (Å²) < 4.78 is 15.6. The average molecular weight is 406 g/mol. The van der Waals surface area contributed by atoms with E-state index in [1.807, 2.05) is 0 Å². The minimum absolute atomic E-state index is 0.0729. The SMILES string of the molecule is CCOc1c(Cl)cc(C(=O)OCC(=O)Nc2ccc(C(C)=O)cc2)cc1OC. The number of Topliss-reactive ketones (excluding diaryl/α,β-unsaturated/α-hetero) is 1. The van der Waals surface area contributed by atoms with Crippen molar-refractivity contribution in [3.63, 3.8) is 0 Å². The number of carbonyl (C=O) groups is 3. The zero-order valence-corrected chi connectivity index (χ0v) is 16.5. The van der Waals surface area contributed by atoms with Crippen molar-refractivity contribution >= 4 is 34.9 Å². The molecule has 0 saturated heterocycles. The molecule has 0 bridgehead atoms. The van der Waals surface area contributed by atoms with Crippen LogP contribution in [0, 0.1) is 0 Å². The first-order valence-corrected chi connectivity index (χ1v) is 8.81. The molecule has 0 atom stereocenters. The fraction of sp³-hybridized carbons (Fsp3) is 0.250. The van der Waals surface area contributed by atoms with E-state index in [0.717, 1.165) is 0 Å². The number of hydrogen-bond acceptors (Lipinski definition) is 6. The Bertz CT molecular complexity index is 879. The maximum atomic E-state index is 12.2. The number of esters is 1. The Balaban J connectivity index is 1.98. The lowest BCUT2D eigenvalue weighted by molar-refractivity contribution is -0.119. The number of methoxy groups -OCH3 is 1. The van der Waals surface area contributed by atoms with E-state index in [2.05, 4.69) is 5.32 Å². The summed E-state index contributed by atoms with van der Waals surface area (Å²) in [5, 5.41) is 2.77. The van der Waals surface area contributed by atoms with Gasteiger partial charge in [0.15, 0.2) is 23.9 Å². The monoisotopic (exact) mass is 405 g/mol. The number of anilines is 1. The molecule has 1 N–H and O–H groups in total.